The fraction of sp³-hybridized carbons (Fsp3) is 0.571. The number of nitrogens with zero attached hydrogens (tertiary/aromatic N) is 2. The molecule has 0 bridgehead atoms. The van der Waals surface area contributed by atoms with Crippen molar-refractivity contribution in [3.05, 3.63) is 12.3 Å². The van der Waals surface area contributed by atoms with Crippen molar-refractivity contribution in [3.8, 4) is 0 Å². The number of halogens is 1. The van der Waals surface area contributed by atoms with Crippen LogP contribution in [0.1, 0.15) is 26.3 Å². The Balaban J connectivity index is 3.18. The SMILES string of the molecule is CC[C@H](C)n1nccc1S(=O)(=O)Cl. The largest absolute Gasteiger partial charge is 0.278 e. The lowest BCUT2D eigenvalue weighted by atomic mass is 10.3. The van der Waals surface area contributed by atoms with Gasteiger partial charge in [-0.1, -0.05) is 6.92 Å². The summed E-state index contributed by atoms with van der Waals surface area (Å²) < 4.78 is 23.5. The molecule has 1 heterocycles. The molecule has 6 heteroatoms. The van der Waals surface area contributed by atoms with Crippen LogP contribution in [0.3, 0.4) is 0 Å². The van der Waals surface area contributed by atoms with Crippen LogP contribution in [0.2, 0.25) is 0 Å². The second kappa shape index (κ2) is 3.67. The average molecular weight is 223 g/mol. The van der Waals surface area contributed by atoms with Crippen LogP contribution >= 0.6 is 10.7 Å². The second-order valence-corrected chi connectivity index (χ2v) is 5.32. The van der Waals surface area contributed by atoms with E-state index in [-0.39, 0.29) is 11.1 Å². The monoisotopic (exact) mass is 222 g/mol. The van der Waals surface area contributed by atoms with E-state index in [1.54, 1.807) is 0 Å². The van der Waals surface area contributed by atoms with Crippen molar-refractivity contribution in [1.29, 1.82) is 0 Å². The first-order chi connectivity index (χ1) is 5.96. The van der Waals surface area contributed by atoms with Gasteiger partial charge in [-0.2, -0.15) is 5.10 Å². The topological polar surface area (TPSA) is 52.0 Å². The summed E-state index contributed by atoms with van der Waals surface area (Å²) in [5, 5.41) is 3.97. The molecule has 13 heavy (non-hydrogen) atoms. The third kappa shape index (κ3) is 2.22. The lowest BCUT2D eigenvalue weighted by Gasteiger charge is -2.11. The molecule has 1 aromatic heterocycles. The van der Waals surface area contributed by atoms with E-state index in [1.807, 2.05) is 13.8 Å². The zero-order chi connectivity index (χ0) is 10.1. The van der Waals surface area contributed by atoms with Gasteiger partial charge in [0.15, 0.2) is 5.03 Å². The molecule has 74 valence electrons. The van der Waals surface area contributed by atoms with Gasteiger partial charge in [-0.3, -0.25) is 4.68 Å². The smallest absolute Gasteiger partial charge is 0.250 e. The molecule has 0 radical (unpaired) electrons. The van der Waals surface area contributed by atoms with Crippen molar-refractivity contribution in [2.75, 3.05) is 0 Å². The predicted octanol–water partition coefficient (Wildman–Crippen LogP) is 1.78. The number of rotatable bonds is 3. The van der Waals surface area contributed by atoms with Gasteiger partial charge in [0.1, 0.15) is 0 Å². The highest BCUT2D eigenvalue weighted by molar-refractivity contribution is 8.13. The van der Waals surface area contributed by atoms with E-state index in [0.717, 1.165) is 6.42 Å². The van der Waals surface area contributed by atoms with Crippen molar-refractivity contribution in [1.82, 2.24) is 9.78 Å². The Bertz CT molecular complexity index is 385. The van der Waals surface area contributed by atoms with Crippen LogP contribution in [0, 0.1) is 0 Å². The molecule has 0 spiro atoms. The summed E-state index contributed by atoms with van der Waals surface area (Å²) >= 11 is 0. The molecule has 0 aromatic carbocycles. The van der Waals surface area contributed by atoms with Crippen molar-refractivity contribution < 1.29 is 8.42 Å². The molecule has 0 saturated heterocycles. The summed E-state index contributed by atoms with van der Waals surface area (Å²) in [5.74, 6) is 0. The van der Waals surface area contributed by atoms with Crippen molar-refractivity contribution in [3.63, 3.8) is 0 Å². The van der Waals surface area contributed by atoms with E-state index in [9.17, 15) is 8.42 Å². The fourth-order valence-electron chi connectivity index (χ4n) is 0.999. The molecule has 0 aliphatic carbocycles. The van der Waals surface area contributed by atoms with Crippen LogP contribution in [0.5, 0.6) is 0 Å². The maximum atomic E-state index is 11.0. The zero-order valence-corrected chi connectivity index (χ0v) is 9.01. The number of aromatic nitrogens is 2. The van der Waals surface area contributed by atoms with Crippen LogP contribution < -0.4 is 0 Å². The van der Waals surface area contributed by atoms with Crippen molar-refractivity contribution in [2.24, 2.45) is 0 Å². The molecule has 1 aromatic rings. The van der Waals surface area contributed by atoms with E-state index < -0.39 is 9.05 Å². The molecule has 0 aliphatic rings. The Morgan fingerprint density at radius 3 is 2.77 bits per heavy atom. The van der Waals surface area contributed by atoms with Gasteiger partial charge in [0.25, 0.3) is 9.05 Å². The van der Waals surface area contributed by atoms with Crippen LogP contribution in [0.25, 0.3) is 0 Å². The minimum absolute atomic E-state index is 0.0403. The highest BCUT2D eigenvalue weighted by Gasteiger charge is 2.18. The summed E-state index contributed by atoms with van der Waals surface area (Å²) in [4.78, 5) is 0. The maximum Gasteiger partial charge on any atom is 0.278 e. The highest BCUT2D eigenvalue weighted by Crippen LogP contribution is 2.19. The quantitative estimate of drug-likeness (QED) is 0.733. The normalized spacial score (nSPS) is 14.4. The molecular weight excluding hydrogens is 212 g/mol. The lowest BCUT2D eigenvalue weighted by molar-refractivity contribution is 0.438. The van der Waals surface area contributed by atoms with E-state index in [2.05, 4.69) is 5.10 Å². The van der Waals surface area contributed by atoms with Gasteiger partial charge in [0.05, 0.1) is 12.2 Å². The first-order valence-corrected chi connectivity index (χ1v) is 6.26. The van der Waals surface area contributed by atoms with Gasteiger partial charge in [0.2, 0.25) is 0 Å². The highest BCUT2D eigenvalue weighted by atomic mass is 35.7. The Morgan fingerprint density at radius 2 is 2.31 bits per heavy atom. The number of hydrogen-bond donors (Lipinski definition) is 0. The zero-order valence-electron chi connectivity index (χ0n) is 7.44. The number of hydrogen-bond acceptors (Lipinski definition) is 3. The molecule has 0 aliphatic heterocycles. The summed E-state index contributed by atoms with van der Waals surface area (Å²) in [6, 6.07) is 1.44. The lowest BCUT2D eigenvalue weighted by Crippen LogP contribution is -2.11. The molecule has 0 unspecified atom stereocenters. The third-order valence-electron chi connectivity index (χ3n) is 1.89. The minimum Gasteiger partial charge on any atom is -0.250 e. The fourth-order valence-corrected chi connectivity index (χ4v) is 2.04. The van der Waals surface area contributed by atoms with E-state index >= 15 is 0 Å². The van der Waals surface area contributed by atoms with Gasteiger partial charge in [-0.15, -0.1) is 0 Å². The average Bonchev–Trinajstić information content (AvgIpc) is 2.49. The Morgan fingerprint density at radius 1 is 1.69 bits per heavy atom. The van der Waals surface area contributed by atoms with E-state index in [4.69, 9.17) is 10.7 Å². The summed E-state index contributed by atoms with van der Waals surface area (Å²) in [5.41, 5.74) is 0. The molecule has 0 saturated carbocycles. The molecule has 1 atom stereocenters. The molecule has 1 rings (SSSR count). The van der Waals surface area contributed by atoms with Crippen molar-refractivity contribution >= 4 is 19.7 Å². The third-order valence-corrected chi connectivity index (χ3v) is 3.19. The van der Waals surface area contributed by atoms with Crippen LogP contribution in [0.4, 0.5) is 0 Å². The van der Waals surface area contributed by atoms with Gasteiger partial charge >= 0.3 is 0 Å². The van der Waals surface area contributed by atoms with Gasteiger partial charge in [-0.05, 0) is 19.4 Å². The van der Waals surface area contributed by atoms with E-state index in [1.165, 1.54) is 16.9 Å². The molecule has 0 N–H and O–H groups in total. The van der Waals surface area contributed by atoms with Crippen LogP contribution in [-0.4, -0.2) is 18.2 Å². The predicted molar refractivity (Wildman–Crippen MR) is 50.3 cm³/mol. The first-order valence-electron chi connectivity index (χ1n) is 3.95. The summed E-state index contributed by atoms with van der Waals surface area (Å²) in [6.45, 7) is 3.84. The summed E-state index contributed by atoms with van der Waals surface area (Å²) in [6.07, 6.45) is 2.24. The Kier molecular flexibility index (Phi) is 2.98. The standard InChI is InChI=1S/C7H11ClN2O2S/c1-3-6(2)10-7(4-5-9-10)13(8,11)12/h4-6H,3H2,1-2H3/t6-/m0/s1. The van der Waals surface area contributed by atoms with Gasteiger partial charge < -0.3 is 0 Å². The van der Waals surface area contributed by atoms with E-state index in [0.29, 0.717) is 0 Å². The van der Waals surface area contributed by atoms with Crippen molar-refractivity contribution in [2.45, 2.75) is 31.3 Å². The Labute approximate surface area is 81.9 Å². The van der Waals surface area contributed by atoms with Crippen LogP contribution in [-0.2, 0) is 9.05 Å². The Hall–Kier alpha value is -0.550. The van der Waals surface area contributed by atoms with Gasteiger partial charge in [-0.25, -0.2) is 8.42 Å². The molecule has 0 fully saturated rings. The maximum absolute atomic E-state index is 11.0. The van der Waals surface area contributed by atoms with Crippen LogP contribution in [0.15, 0.2) is 17.3 Å². The second-order valence-electron chi connectivity index (χ2n) is 2.81. The minimum atomic E-state index is -3.67. The first kappa shape index (κ1) is 10.5. The molecule has 0 amide bonds. The van der Waals surface area contributed by atoms with Gasteiger partial charge in [0, 0.05) is 10.7 Å². The molecular formula is C7H11ClN2O2S. The molecule has 4 nitrogen and oxygen atoms in total. The summed E-state index contributed by atoms with van der Waals surface area (Å²) in [7, 11) is 1.54.